The maximum Gasteiger partial charge on any atom is 0.272 e. The molecular formula is C14H15BrN6O. The summed E-state index contributed by atoms with van der Waals surface area (Å²) in [5.74, 6) is -0.250. The van der Waals surface area contributed by atoms with Crippen LogP contribution >= 0.6 is 15.9 Å². The van der Waals surface area contributed by atoms with Gasteiger partial charge in [0.2, 0.25) is 0 Å². The van der Waals surface area contributed by atoms with Gasteiger partial charge in [-0.05, 0) is 35.8 Å². The van der Waals surface area contributed by atoms with E-state index in [4.69, 9.17) is 0 Å². The standard InChI is InChI=1S/C14H15BrN6O/c1-3-20-5-4-11(18-20)9(2)17-14(22)12-6-13-16-7-10(15)8-21(13)19-12/h4-9H,3H2,1-2H3,(H,17,22)/t9-/m0/s1. The third kappa shape index (κ3) is 2.87. The Kier molecular flexibility index (Phi) is 3.93. The third-order valence-corrected chi connectivity index (χ3v) is 3.70. The molecule has 0 aliphatic rings. The molecule has 0 radical (unpaired) electrons. The fourth-order valence-corrected chi connectivity index (χ4v) is 2.39. The second-order valence-corrected chi connectivity index (χ2v) is 5.81. The zero-order valence-corrected chi connectivity index (χ0v) is 13.8. The van der Waals surface area contributed by atoms with E-state index in [-0.39, 0.29) is 11.9 Å². The number of carbonyl (C=O) groups excluding carboxylic acids is 1. The lowest BCUT2D eigenvalue weighted by atomic mass is 10.2. The Balaban J connectivity index is 1.77. The molecule has 0 aromatic carbocycles. The van der Waals surface area contributed by atoms with Gasteiger partial charge in [-0.1, -0.05) is 0 Å². The number of fused-ring (bicyclic) bond motifs is 1. The van der Waals surface area contributed by atoms with Crippen LogP contribution in [0.5, 0.6) is 0 Å². The molecule has 0 unspecified atom stereocenters. The maximum absolute atomic E-state index is 12.3. The fourth-order valence-electron chi connectivity index (χ4n) is 2.09. The minimum atomic E-state index is -0.250. The highest BCUT2D eigenvalue weighted by molar-refractivity contribution is 9.10. The minimum absolute atomic E-state index is 0.190. The fraction of sp³-hybridized carbons (Fsp3) is 0.286. The average molecular weight is 363 g/mol. The van der Waals surface area contributed by atoms with Crippen molar-refractivity contribution in [2.45, 2.75) is 26.4 Å². The van der Waals surface area contributed by atoms with Crippen LogP contribution in [0.25, 0.3) is 5.65 Å². The van der Waals surface area contributed by atoms with E-state index >= 15 is 0 Å². The van der Waals surface area contributed by atoms with Gasteiger partial charge < -0.3 is 5.32 Å². The summed E-state index contributed by atoms with van der Waals surface area (Å²) in [6.07, 6.45) is 5.31. The van der Waals surface area contributed by atoms with E-state index in [1.165, 1.54) is 0 Å². The van der Waals surface area contributed by atoms with Crippen LogP contribution in [-0.2, 0) is 6.54 Å². The molecule has 1 atom stereocenters. The smallest absolute Gasteiger partial charge is 0.272 e. The Morgan fingerprint density at radius 2 is 2.27 bits per heavy atom. The highest BCUT2D eigenvalue weighted by Crippen LogP contribution is 2.13. The molecule has 0 spiro atoms. The van der Waals surface area contributed by atoms with Crippen LogP contribution in [0.15, 0.2) is 35.2 Å². The second kappa shape index (κ2) is 5.88. The zero-order chi connectivity index (χ0) is 15.7. The van der Waals surface area contributed by atoms with E-state index in [2.05, 4.69) is 36.4 Å². The summed E-state index contributed by atoms with van der Waals surface area (Å²) in [7, 11) is 0. The molecular weight excluding hydrogens is 348 g/mol. The van der Waals surface area contributed by atoms with Crippen LogP contribution in [0, 0.1) is 0 Å². The number of nitrogens with zero attached hydrogens (tertiary/aromatic N) is 5. The van der Waals surface area contributed by atoms with Gasteiger partial charge >= 0.3 is 0 Å². The van der Waals surface area contributed by atoms with Crippen molar-refractivity contribution in [1.82, 2.24) is 29.7 Å². The largest absolute Gasteiger partial charge is 0.342 e. The molecule has 3 aromatic rings. The number of carbonyl (C=O) groups is 1. The van der Waals surface area contributed by atoms with Gasteiger partial charge in [0.25, 0.3) is 5.91 Å². The van der Waals surface area contributed by atoms with E-state index in [0.29, 0.717) is 11.3 Å². The summed E-state index contributed by atoms with van der Waals surface area (Å²) < 4.78 is 4.19. The first kappa shape index (κ1) is 14.7. The van der Waals surface area contributed by atoms with Crippen molar-refractivity contribution in [1.29, 1.82) is 0 Å². The van der Waals surface area contributed by atoms with Gasteiger partial charge in [-0.25, -0.2) is 9.50 Å². The van der Waals surface area contributed by atoms with Crippen molar-refractivity contribution in [2.75, 3.05) is 0 Å². The number of nitrogens with one attached hydrogen (secondary N) is 1. The van der Waals surface area contributed by atoms with Crippen molar-refractivity contribution >= 4 is 27.5 Å². The Bertz CT molecular complexity index is 824. The van der Waals surface area contributed by atoms with E-state index in [9.17, 15) is 4.79 Å². The molecule has 3 aromatic heterocycles. The first-order valence-corrected chi connectivity index (χ1v) is 7.71. The first-order valence-electron chi connectivity index (χ1n) is 6.92. The third-order valence-electron chi connectivity index (χ3n) is 3.29. The number of hydrogen-bond acceptors (Lipinski definition) is 4. The number of aryl methyl sites for hydroxylation is 1. The Morgan fingerprint density at radius 1 is 1.45 bits per heavy atom. The molecule has 3 rings (SSSR count). The van der Waals surface area contributed by atoms with Crippen LogP contribution < -0.4 is 5.32 Å². The lowest BCUT2D eigenvalue weighted by Crippen LogP contribution is -2.27. The molecule has 0 bridgehead atoms. The summed E-state index contributed by atoms with van der Waals surface area (Å²) in [5.41, 5.74) is 1.77. The van der Waals surface area contributed by atoms with E-state index in [1.807, 2.05) is 30.8 Å². The number of hydrogen-bond donors (Lipinski definition) is 1. The van der Waals surface area contributed by atoms with Crippen molar-refractivity contribution < 1.29 is 4.79 Å². The monoisotopic (exact) mass is 362 g/mol. The van der Waals surface area contributed by atoms with Gasteiger partial charge in [0, 0.05) is 31.2 Å². The van der Waals surface area contributed by atoms with E-state index in [1.54, 1.807) is 23.0 Å². The molecule has 0 aliphatic heterocycles. The maximum atomic E-state index is 12.3. The molecule has 8 heteroatoms. The molecule has 0 fully saturated rings. The Morgan fingerprint density at radius 3 is 3.00 bits per heavy atom. The zero-order valence-electron chi connectivity index (χ0n) is 12.2. The van der Waals surface area contributed by atoms with Crippen LogP contribution in [0.1, 0.15) is 36.1 Å². The molecule has 0 saturated heterocycles. The normalized spacial score (nSPS) is 12.5. The molecule has 0 saturated carbocycles. The second-order valence-electron chi connectivity index (χ2n) is 4.90. The predicted octanol–water partition coefficient (Wildman–Crippen LogP) is 2.20. The summed E-state index contributed by atoms with van der Waals surface area (Å²) in [5, 5.41) is 11.5. The molecule has 0 aliphatic carbocycles. The van der Waals surface area contributed by atoms with Crippen LogP contribution in [-0.4, -0.2) is 30.3 Å². The van der Waals surface area contributed by atoms with Crippen LogP contribution in [0.3, 0.4) is 0 Å². The van der Waals surface area contributed by atoms with Gasteiger partial charge in [0.05, 0.1) is 16.2 Å². The minimum Gasteiger partial charge on any atom is -0.342 e. The van der Waals surface area contributed by atoms with Gasteiger partial charge in [0.1, 0.15) is 0 Å². The van der Waals surface area contributed by atoms with Gasteiger partial charge in [0.15, 0.2) is 11.3 Å². The first-order chi connectivity index (χ1) is 10.6. The Labute approximate surface area is 135 Å². The number of rotatable bonds is 4. The predicted molar refractivity (Wildman–Crippen MR) is 84.5 cm³/mol. The van der Waals surface area contributed by atoms with Gasteiger partial charge in [-0.2, -0.15) is 10.2 Å². The van der Waals surface area contributed by atoms with Gasteiger partial charge in [-0.3, -0.25) is 9.48 Å². The number of aromatic nitrogens is 5. The Hall–Kier alpha value is -2.22. The quantitative estimate of drug-likeness (QED) is 0.771. The lowest BCUT2D eigenvalue weighted by molar-refractivity contribution is 0.0933. The summed E-state index contributed by atoms with van der Waals surface area (Å²) >= 11 is 3.32. The summed E-state index contributed by atoms with van der Waals surface area (Å²) in [6.45, 7) is 4.71. The average Bonchev–Trinajstić information content (AvgIpc) is 3.13. The lowest BCUT2D eigenvalue weighted by Gasteiger charge is -2.10. The van der Waals surface area contributed by atoms with E-state index < -0.39 is 0 Å². The van der Waals surface area contributed by atoms with Gasteiger partial charge in [-0.15, -0.1) is 0 Å². The number of halogens is 1. The molecule has 3 heterocycles. The van der Waals surface area contributed by atoms with E-state index in [0.717, 1.165) is 16.7 Å². The molecule has 1 N–H and O–H groups in total. The van der Waals surface area contributed by atoms with Crippen molar-refractivity contribution in [3.8, 4) is 0 Å². The highest BCUT2D eigenvalue weighted by atomic mass is 79.9. The molecule has 22 heavy (non-hydrogen) atoms. The molecule has 114 valence electrons. The van der Waals surface area contributed by atoms with Crippen LogP contribution in [0.4, 0.5) is 0 Å². The topological polar surface area (TPSA) is 77.1 Å². The summed E-state index contributed by atoms with van der Waals surface area (Å²) in [4.78, 5) is 16.5. The molecule has 1 amide bonds. The summed E-state index contributed by atoms with van der Waals surface area (Å²) in [6, 6.07) is 3.36. The molecule has 7 nitrogen and oxygen atoms in total. The van der Waals surface area contributed by atoms with Crippen LogP contribution in [0.2, 0.25) is 0 Å². The highest BCUT2D eigenvalue weighted by Gasteiger charge is 2.16. The van der Waals surface area contributed by atoms with Crippen molar-refractivity contribution in [3.63, 3.8) is 0 Å². The van der Waals surface area contributed by atoms with Crippen molar-refractivity contribution in [3.05, 3.63) is 46.6 Å². The van der Waals surface area contributed by atoms with Crippen molar-refractivity contribution in [2.24, 2.45) is 0 Å². The SMILES string of the molecule is CCn1ccc([C@H](C)NC(=O)c2cc3ncc(Br)cn3n2)n1. The number of amides is 1.